The average molecular weight is 446 g/mol. The standard InChI is InChI=1S/C23H31N3O6/c1-25(32-5)20(27)14-26-13-16-11-22(21(28)29-2,19(26)12-23(16,30-3)31-4)18-10-15-8-6-7-9-17(15)24-18/h6-10,16,19,24H,11-14H2,1-5H3/t16?,19?,22-/m0/s1. The molecule has 174 valence electrons. The summed E-state index contributed by atoms with van der Waals surface area (Å²) < 4.78 is 17.1. The number of likely N-dealkylation sites (N-methyl/N-ethyl adjacent to an activating group) is 1. The van der Waals surface area contributed by atoms with E-state index in [9.17, 15) is 9.59 Å². The Morgan fingerprint density at radius 3 is 2.47 bits per heavy atom. The molecule has 1 N–H and O–H groups in total. The summed E-state index contributed by atoms with van der Waals surface area (Å²) in [6.45, 7) is 0.655. The van der Waals surface area contributed by atoms with Crippen LogP contribution in [0.1, 0.15) is 18.5 Å². The maximum Gasteiger partial charge on any atom is 0.319 e. The number of benzene rings is 1. The Morgan fingerprint density at radius 2 is 1.88 bits per heavy atom. The van der Waals surface area contributed by atoms with Crippen LogP contribution in [0.5, 0.6) is 0 Å². The second kappa shape index (κ2) is 8.47. The zero-order chi connectivity index (χ0) is 23.1. The molecule has 5 rings (SSSR count). The number of hydrogen-bond donors (Lipinski definition) is 1. The van der Waals surface area contributed by atoms with Gasteiger partial charge in [0.25, 0.3) is 5.91 Å². The molecule has 0 radical (unpaired) electrons. The van der Waals surface area contributed by atoms with E-state index >= 15 is 0 Å². The molecule has 3 fully saturated rings. The number of methoxy groups -OCH3 is 3. The molecular weight excluding hydrogens is 414 g/mol. The first-order chi connectivity index (χ1) is 15.3. The van der Waals surface area contributed by atoms with Crippen molar-refractivity contribution in [1.29, 1.82) is 0 Å². The number of aromatic nitrogens is 1. The van der Waals surface area contributed by atoms with Crippen LogP contribution in [0.25, 0.3) is 10.9 Å². The van der Waals surface area contributed by atoms with Crippen LogP contribution in [0, 0.1) is 5.92 Å². The molecule has 0 spiro atoms. The third-order valence-corrected chi connectivity index (χ3v) is 7.35. The number of ether oxygens (including phenoxy) is 3. The molecule has 1 aliphatic carbocycles. The minimum atomic E-state index is -0.997. The molecule has 2 saturated heterocycles. The molecule has 1 aromatic heterocycles. The number of piperidine rings is 2. The van der Waals surface area contributed by atoms with Crippen LogP contribution in [-0.2, 0) is 34.1 Å². The first kappa shape index (κ1) is 22.7. The van der Waals surface area contributed by atoms with Gasteiger partial charge in [0.15, 0.2) is 5.79 Å². The number of hydroxylamine groups is 2. The molecule has 2 bridgehead atoms. The molecule has 2 unspecified atom stereocenters. The van der Waals surface area contributed by atoms with Crippen molar-refractivity contribution in [3.63, 3.8) is 0 Å². The second-order valence-corrected chi connectivity index (χ2v) is 8.58. The van der Waals surface area contributed by atoms with Crippen LogP contribution in [0.15, 0.2) is 30.3 Å². The normalized spacial score (nSPS) is 26.9. The maximum absolute atomic E-state index is 13.5. The summed E-state index contributed by atoms with van der Waals surface area (Å²) in [6.07, 6.45) is 0.892. The lowest BCUT2D eigenvalue weighted by Crippen LogP contribution is -2.73. The van der Waals surface area contributed by atoms with Gasteiger partial charge < -0.3 is 19.2 Å². The molecular formula is C23H31N3O6. The van der Waals surface area contributed by atoms with Gasteiger partial charge in [-0.15, -0.1) is 0 Å². The summed E-state index contributed by atoms with van der Waals surface area (Å²) in [7, 11) is 7.68. The zero-order valence-electron chi connectivity index (χ0n) is 19.2. The molecule has 3 heterocycles. The first-order valence-corrected chi connectivity index (χ1v) is 10.7. The predicted octanol–water partition coefficient (Wildman–Crippen LogP) is 1.68. The fourth-order valence-corrected chi connectivity index (χ4v) is 5.59. The Labute approximate surface area is 187 Å². The van der Waals surface area contributed by atoms with Crippen molar-refractivity contribution < 1.29 is 28.6 Å². The lowest BCUT2D eigenvalue weighted by Gasteiger charge is -2.60. The largest absolute Gasteiger partial charge is 0.468 e. The van der Waals surface area contributed by atoms with Gasteiger partial charge >= 0.3 is 5.97 Å². The fraction of sp³-hybridized carbons (Fsp3) is 0.565. The average Bonchev–Trinajstić information content (AvgIpc) is 3.27. The molecule has 9 heteroatoms. The lowest BCUT2D eigenvalue weighted by molar-refractivity contribution is -0.297. The number of rotatable bonds is 7. The molecule has 9 nitrogen and oxygen atoms in total. The number of hydrogen-bond acceptors (Lipinski definition) is 7. The second-order valence-electron chi connectivity index (χ2n) is 8.58. The number of carbonyl (C=O) groups is 2. The van der Waals surface area contributed by atoms with Gasteiger partial charge in [0.1, 0.15) is 5.41 Å². The van der Waals surface area contributed by atoms with E-state index in [4.69, 9.17) is 19.0 Å². The number of H-pyrrole nitrogens is 1. The monoisotopic (exact) mass is 445 g/mol. The maximum atomic E-state index is 13.5. The number of fused-ring (bicyclic) bond motifs is 4. The molecule has 2 aliphatic heterocycles. The van der Waals surface area contributed by atoms with Crippen LogP contribution < -0.4 is 0 Å². The molecule has 1 amide bonds. The van der Waals surface area contributed by atoms with Crippen molar-refractivity contribution in [3.05, 3.63) is 36.0 Å². The van der Waals surface area contributed by atoms with E-state index in [0.29, 0.717) is 19.4 Å². The van der Waals surface area contributed by atoms with E-state index < -0.39 is 11.2 Å². The number of aromatic amines is 1. The van der Waals surface area contributed by atoms with Gasteiger partial charge in [-0.05, 0) is 23.9 Å². The molecule has 1 aromatic carbocycles. The summed E-state index contributed by atoms with van der Waals surface area (Å²) in [4.78, 5) is 36.8. The lowest BCUT2D eigenvalue weighted by atomic mass is 9.58. The summed E-state index contributed by atoms with van der Waals surface area (Å²) in [5.74, 6) is -1.53. The van der Waals surface area contributed by atoms with E-state index in [1.165, 1.54) is 19.3 Å². The van der Waals surface area contributed by atoms with Gasteiger partial charge in [-0.3, -0.25) is 19.3 Å². The molecule has 1 saturated carbocycles. The van der Waals surface area contributed by atoms with Crippen molar-refractivity contribution in [2.24, 2.45) is 5.92 Å². The van der Waals surface area contributed by atoms with Crippen molar-refractivity contribution in [1.82, 2.24) is 14.9 Å². The van der Waals surface area contributed by atoms with Crippen molar-refractivity contribution >= 4 is 22.8 Å². The van der Waals surface area contributed by atoms with Crippen LogP contribution >= 0.6 is 0 Å². The SMILES string of the molecule is COC(=O)[C@]1(c2cc3ccccc3[nH]2)CC2CN(CC(=O)N(C)OC)C1CC2(OC)OC. The van der Waals surface area contributed by atoms with Gasteiger partial charge in [-0.1, -0.05) is 18.2 Å². The number of para-hydroxylation sites is 1. The van der Waals surface area contributed by atoms with Crippen molar-refractivity contribution in [2.75, 3.05) is 48.6 Å². The Bertz CT molecular complexity index is 970. The minimum absolute atomic E-state index is 0.105. The van der Waals surface area contributed by atoms with Crippen LogP contribution in [0.3, 0.4) is 0 Å². The summed E-state index contributed by atoms with van der Waals surface area (Å²) in [5, 5.41) is 2.21. The Kier molecular flexibility index (Phi) is 6.02. The van der Waals surface area contributed by atoms with Gasteiger partial charge in [0, 0.05) is 57.4 Å². The summed E-state index contributed by atoms with van der Waals surface area (Å²) in [6, 6.07) is 9.52. The highest BCUT2D eigenvalue weighted by atomic mass is 16.7. The quantitative estimate of drug-likeness (QED) is 0.394. The molecule has 3 atom stereocenters. The number of amides is 1. The highest BCUT2D eigenvalue weighted by Gasteiger charge is 2.66. The minimum Gasteiger partial charge on any atom is -0.468 e. The van der Waals surface area contributed by atoms with E-state index in [0.717, 1.165) is 16.6 Å². The highest BCUT2D eigenvalue weighted by molar-refractivity contribution is 5.89. The smallest absolute Gasteiger partial charge is 0.319 e. The topological polar surface area (TPSA) is 93.3 Å². The number of esters is 1. The van der Waals surface area contributed by atoms with Gasteiger partial charge in [-0.2, -0.15) is 0 Å². The Hall–Kier alpha value is -2.46. The Balaban J connectivity index is 1.83. The number of carbonyl (C=O) groups excluding carboxylic acids is 2. The fourth-order valence-electron chi connectivity index (χ4n) is 5.59. The van der Waals surface area contributed by atoms with Gasteiger partial charge in [-0.25, -0.2) is 5.06 Å². The van der Waals surface area contributed by atoms with E-state index in [2.05, 4.69) is 4.98 Å². The van der Waals surface area contributed by atoms with E-state index in [1.807, 2.05) is 35.2 Å². The van der Waals surface area contributed by atoms with Gasteiger partial charge in [0.05, 0.1) is 20.8 Å². The highest BCUT2D eigenvalue weighted by Crippen LogP contribution is 2.54. The van der Waals surface area contributed by atoms with E-state index in [1.54, 1.807) is 21.3 Å². The summed E-state index contributed by atoms with van der Waals surface area (Å²) in [5.41, 5.74) is 0.723. The Morgan fingerprint density at radius 1 is 1.16 bits per heavy atom. The van der Waals surface area contributed by atoms with Crippen molar-refractivity contribution in [2.45, 2.75) is 30.1 Å². The number of nitrogens with zero attached hydrogens (tertiary/aromatic N) is 2. The van der Waals surface area contributed by atoms with Crippen molar-refractivity contribution in [3.8, 4) is 0 Å². The molecule has 32 heavy (non-hydrogen) atoms. The van der Waals surface area contributed by atoms with Crippen LogP contribution in [0.4, 0.5) is 0 Å². The third-order valence-electron chi connectivity index (χ3n) is 7.35. The summed E-state index contributed by atoms with van der Waals surface area (Å²) >= 11 is 0. The van der Waals surface area contributed by atoms with Crippen LogP contribution in [-0.4, -0.2) is 87.2 Å². The number of nitrogens with one attached hydrogen (secondary N) is 1. The molecule has 3 aliphatic rings. The zero-order valence-corrected chi connectivity index (χ0v) is 19.2. The van der Waals surface area contributed by atoms with Gasteiger partial charge in [0.2, 0.25) is 0 Å². The predicted molar refractivity (Wildman–Crippen MR) is 117 cm³/mol. The van der Waals surface area contributed by atoms with Crippen LogP contribution in [0.2, 0.25) is 0 Å². The van der Waals surface area contributed by atoms with E-state index in [-0.39, 0.29) is 30.4 Å². The third kappa shape index (κ3) is 3.31. The molecule has 2 aromatic rings. The first-order valence-electron chi connectivity index (χ1n) is 10.7.